The van der Waals surface area contributed by atoms with E-state index in [0.717, 1.165) is 32.1 Å². The minimum absolute atomic E-state index is 0.0195. The smallest absolute Gasteiger partial charge is 0.244 e. The third-order valence-electron chi connectivity index (χ3n) is 5.29. The Labute approximate surface area is 127 Å². The van der Waals surface area contributed by atoms with Gasteiger partial charge in [0.1, 0.15) is 0 Å². The predicted molar refractivity (Wildman–Crippen MR) is 81.5 cm³/mol. The summed E-state index contributed by atoms with van der Waals surface area (Å²) in [7, 11) is -3.00. The molecule has 0 aromatic rings. The van der Waals surface area contributed by atoms with Crippen molar-refractivity contribution in [3.05, 3.63) is 0 Å². The fourth-order valence-electron chi connectivity index (χ4n) is 4.22. The molecule has 120 valence electrons. The lowest BCUT2D eigenvalue weighted by atomic mass is 9.97. The lowest BCUT2D eigenvalue weighted by Gasteiger charge is -2.36. The fourth-order valence-corrected chi connectivity index (χ4v) is 5.91. The molecule has 0 radical (unpaired) electrons. The Hall–Kier alpha value is -0.620. The highest BCUT2D eigenvalue weighted by Gasteiger charge is 2.55. The summed E-state index contributed by atoms with van der Waals surface area (Å²) in [6.45, 7) is 4.20. The molecule has 3 aliphatic rings. The van der Waals surface area contributed by atoms with E-state index in [1.54, 1.807) is 0 Å². The topological polar surface area (TPSA) is 66.5 Å². The predicted octanol–water partition coefficient (Wildman–Crippen LogP) is 1.29. The maximum atomic E-state index is 13.0. The zero-order chi connectivity index (χ0) is 15.3. The molecule has 6 heteroatoms. The molecular formula is C15H26N2O3S. The van der Waals surface area contributed by atoms with Crippen molar-refractivity contribution in [2.75, 3.05) is 11.5 Å². The van der Waals surface area contributed by atoms with Gasteiger partial charge in [0.15, 0.2) is 9.84 Å². The van der Waals surface area contributed by atoms with Crippen molar-refractivity contribution in [3.63, 3.8) is 0 Å². The zero-order valence-electron chi connectivity index (χ0n) is 13.0. The van der Waals surface area contributed by atoms with Crippen molar-refractivity contribution in [2.24, 2.45) is 5.92 Å². The third-order valence-corrected chi connectivity index (χ3v) is 7.09. The van der Waals surface area contributed by atoms with Gasteiger partial charge in [0.2, 0.25) is 5.91 Å². The molecule has 1 aliphatic carbocycles. The highest BCUT2D eigenvalue weighted by atomic mass is 32.2. The van der Waals surface area contributed by atoms with Gasteiger partial charge in [-0.2, -0.15) is 0 Å². The van der Waals surface area contributed by atoms with E-state index in [9.17, 15) is 13.2 Å². The minimum Gasteiger partial charge on any atom is -0.321 e. The van der Waals surface area contributed by atoms with Crippen LogP contribution in [0.4, 0.5) is 0 Å². The molecule has 1 amide bonds. The summed E-state index contributed by atoms with van der Waals surface area (Å²) in [5, 5.41) is 3.57. The number of nitrogens with zero attached hydrogens (tertiary/aromatic N) is 1. The monoisotopic (exact) mass is 314 g/mol. The maximum Gasteiger partial charge on any atom is 0.244 e. The van der Waals surface area contributed by atoms with Crippen LogP contribution in [0, 0.1) is 5.92 Å². The summed E-state index contributed by atoms with van der Waals surface area (Å²) in [5.41, 5.74) is -0.407. The number of carbonyl (C=O) groups is 1. The molecule has 0 aromatic carbocycles. The summed E-state index contributed by atoms with van der Waals surface area (Å²) in [5.74, 6) is 0.857. The first-order chi connectivity index (χ1) is 9.85. The number of hydrogen-bond acceptors (Lipinski definition) is 4. The number of rotatable bonds is 2. The van der Waals surface area contributed by atoms with Gasteiger partial charge in [-0.1, -0.05) is 26.7 Å². The third kappa shape index (κ3) is 2.61. The van der Waals surface area contributed by atoms with Gasteiger partial charge in [0.05, 0.1) is 23.2 Å². The Morgan fingerprint density at radius 2 is 1.90 bits per heavy atom. The second-order valence-corrected chi connectivity index (χ2v) is 9.47. The molecule has 0 aromatic heterocycles. The molecule has 2 aliphatic heterocycles. The molecule has 0 bridgehead atoms. The molecule has 2 saturated heterocycles. The van der Waals surface area contributed by atoms with Crippen LogP contribution in [0.2, 0.25) is 0 Å². The number of nitrogens with one attached hydrogen (secondary N) is 1. The van der Waals surface area contributed by atoms with Gasteiger partial charge < -0.3 is 4.90 Å². The van der Waals surface area contributed by atoms with E-state index in [1.165, 1.54) is 0 Å². The molecule has 1 saturated carbocycles. The van der Waals surface area contributed by atoms with Crippen LogP contribution < -0.4 is 5.32 Å². The first-order valence-corrected chi connectivity index (χ1v) is 9.98. The fraction of sp³-hybridized carbons (Fsp3) is 0.933. The first kappa shape index (κ1) is 15.3. The summed E-state index contributed by atoms with van der Waals surface area (Å²) in [4.78, 5) is 14.9. The second kappa shape index (κ2) is 5.23. The highest BCUT2D eigenvalue weighted by molar-refractivity contribution is 7.91. The van der Waals surface area contributed by atoms with E-state index in [-0.39, 0.29) is 29.6 Å². The first-order valence-electron chi connectivity index (χ1n) is 8.16. The van der Waals surface area contributed by atoms with E-state index < -0.39 is 15.4 Å². The van der Waals surface area contributed by atoms with Crippen molar-refractivity contribution >= 4 is 15.7 Å². The van der Waals surface area contributed by atoms with E-state index in [1.807, 2.05) is 4.90 Å². The maximum absolute atomic E-state index is 13.0. The van der Waals surface area contributed by atoms with Gasteiger partial charge in [-0.25, -0.2) is 8.42 Å². The van der Waals surface area contributed by atoms with Gasteiger partial charge in [0.25, 0.3) is 0 Å². The molecule has 5 nitrogen and oxygen atoms in total. The van der Waals surface area contributed by atoms with Crippen LogP contribution >= 0.6 is 0 Å². The summed E-state index contributed by atoms with van der Waals surface area (Å²) < 4.78 is 23.9. The Balaban J connectivity index is 1.89. The summed E-state index contributed by atoms with van der Waals surface area (Å²) >= 11 is 0. The Morgan fingerprint density at radius 1 is 1.24 bits per heavy atom. The van der Waals surface area contributed by atoms with Crippen molar-refractivity contribution in [3.8, 4) is 0 Å². The minimum atomic E-state index is -3.00. The quantitative estimate of drug-likeness (QED) is 0.834. The summed E-state index contributed by atoms with van der Waals surface area (Å²) in [6, 6.07) is -0.142. The molecule has 2 heterocycles. The van der Waals surface area contributed by atoms with Crippen molar-refractivity contribution in [2.45, 2.75) is 70.1 Å². The number of carbonyl (C=O) groups excluding carboxylic acids is 1. The van der Waals surface area contributed by atoms with Gasteiger partial charge in [-0.05, 0) is 31.6 Å². The largest absolute Gasteiger partial charge is 0.321 e. The van der Waals surface area contributed by atoms with Gasteiger partial charge >= 0.3 is 0 Å². The van der Waals surface area contributed by atoms with E-state index in [4.69, 9.17) is 0 Å². The van der Waals surface area contributed by atoms with Gasteiger partial charge in [-0.15, -0.1) is 0 Å². The van der Waals surface area contributed by atoms with Crippen molar-refractivity contribution in [1.82, 2.24) is 10.2 Å². The molecule has 1 N–H and O–H groups in total. The van der Waals surface area contributed by atoms with Crippen LogP contribution in [0.5, 0.6) is 0 Å². The van der Waals surface area contributed by atoms with Crippen LogP contribution in [-0.2, 0) is 14.6 Å². The molecule has 3 rings (SSSR count). The Kier molecular flexibility index (Phi) is 3.81. The standard InChI is InChI=1S/C15H26N2O3S/c1-11(2)13-16-15(7-3-4-8-15)14(18)17(13)12-6-5-9-21(19,20)10-12/h11-13,16H,3-10H2,1-2H3. The molecular weight excluding hydrogens is 288 g/mol. The number of hydrogen-bond donors (Lipinski definition) is 1. The lowest BCUT2D eigenvalue weighted by Crippen LogP contribution is -2.51. The zero-order valence-corrected chi connectivity index (χ0v) is 13.8. The van der Waals surface area contributed by atoms with E-state index >= 15 is 0 Å². The molecule has 21 heavy (non-hydrogen) atoms. The van der Waals surface area contributed by atoms with Crippen LogP contribution in [0.25, 0.3) is 0 Å². The van der Waals surface area contributed by atoms with Crippen LogP contribution in [0.1, 0.15) is 52.4 Å². The lowest BCUT2D eigenvalue weighted by molar-refractivity contribution is -0.135. The molecule has 2 atom stereocenters. The van der Waals surface area contributed by atoms with Crippen LogP contribution in [0.15, 0.2) is 0 Å². The average molecular weight is 314 g/mol. The highest BCUT2D eigenvalue weighted by Crippen LogP contribution is 2.39. The normalized spacial score (nSPS) is 35.0. The Bertz CT molecular complexity index is 523. The molecule has 2 unspecified atom stereocenters. The van der Waals surface area contributed by atoms with Crippen LogP contribution in [0.3, 0.4) is 0 Å². The van der Waals surface area contributed by atoms with Gasteiger partial charge in [0, 0.05) is 6.04 Å². The summed E-state index contributed by atoms with van der Waals surface area (Å²) in [6.07, 6.45) is 5.42. The molecule has 1 spiro atoms. The number of amides is 1. The average Bonchev–Trinajstić information content (AvgIpc) is 2.96. The van der Waals surface area contributed by atoms with Crippen LogP contribution in [-0.4, -0.2) is 48.5 Å². The van der Waals surface area contributed by atoms with Gasteiger partial charge in [-0.3, -0.25) is 10.1 Å². The van der Waals surface area contributed by atoms with E-state index in [0.29, 0.717) is 12.3 Å². The number of sulfone groups is 1. The SMILES string of the molecule is CC(C)C1NC2(CCCC2)C(=O)N1C1CCCS(=O)(=O)C1. The van der Waals surface area contributed by atoms with E-state index in [2.05, 4.69) is 19.2 Å². The van der Waals surface area contributed by atoms with Crippen molar-refractivity contribution < 1.29 is 13.2 Å². The van der Waals surface area contributed by atoms with Crippen molar-refractivity contribution in [1.29, 1.82) is 0 Å². The second-order valence-electron chi connectivity index (χ2n) is 7.25. The molecule has 3 fully saturated rings. The Morgan fingerprint density at radius 3 is 2.48 bits per heavy atom.